The van der Waals surface area contributed by atoms with Crippen molar-refractivity contribution in [3.63, 3.8) is 0 Å². The van der Waals surface area contributed by atoms with E-state index in [0.29, 0.717) is 23.8 Å². The van der Waals surface area contributed by atoms with Gasteiger partial charge in [0.25, 0.3) is 5.91 Å². The van der Waals surface area contributed by atoms with Gasteiger partial charge in [0.05, 0.1) is 0 Å². The summed E-state index contributed by atoms with van der Waals surface area (Å²) < 4.78 is 13.2. The van der Waals surface area contributed by atoms with E-state index in [1.807, 2.05) is 13.8 Å². The third kappa shape index (κ3) is 4.51. The number of benzene rings is 1. The maximum absolute atomic E-state index is 13.2. The molecule has 2 rings (SSSR count). The number of rotatable bonds is 5. The molecule has 0 aliphatic heterocycles. The van der Waals surface area contributed by atoms with Crippen molar-refractivity contribution in [3.05, 3.63) is 47.5 Å². The van der Waals surface area contributed by atoms with Gasteiger partial charge in [-0.2, -0.15) is 0 Å². The first-order valence-corrected chi connectivity index (χ1v) is 7.10. The SMILES string of the molecule is Cc1cc(C(=O)NCC(C)C)nc(Nc2cccc(F)c2)n1. The highest BCUT2D eigenvalue weighted by Gasteiger charge is 2.11. The molecule has 0 saturated heterocycles. The van der Waals surface area contributed by atoms with E-state index in [4.69, 9.17) is 0 Å². The Hall–Kier alpha value is -2.50. The number of hydrogen-bond acceptors (Lipinski definition) is 4. The lowest BCUT2D eigenvalue weighted by Crippen LogP contribution is -2.28. The smallest absolute Gasteiger partial charge is 0.270 e. The summed E-state index contributed by atoms with van der Waals surface area (Å²) in [5.41, 5.74) is 1.47. The van der Waals surface area contributed by atoms with Crippen molar-refractivity contribution in [2.45, 2.75) is 20.8 Å². The molecule has 1 aromatic carbocycles. The Balaban J connectivity index is 2.17. The zero-order chi connectivity index (χ0) is 16.1. The first-order valence-electron chi connectivity index (χ1n) is 7.10. The summed E-state index contributed by atoms with van der Waals surface area (Å²) in [4.78, 5) is 20.5. The van der Waals surface area contributed by atoms with Crippen LogP contribution in [0.2, 0.25) is 0 Å². The van der Waals surface area contributed by atoms with Crippen LogP contribution in [0, 0.1) is 18.7 Å². The monoisotopic (exact) mass is 302 g/mol. The topological polar surface area (TPSA) is 66.9 Å². The fraction of sp³-hybridized carbons (Fsp3) is 0.312. The van der Waals surface area contributed by atoms with Gasteiger partial charge in [-0.3, -0.25) is 4.79 Å². The van der Waals surface area contributed by atoms with Crippen molar-refractivity contribution in [1.82, 2.24) is 15.3 Å². The number of anilines is 2. The molecule has 2 N–H and O–H groups in total. The molecular formula is C16H19FN4O. The molecule has 6 heteroatoms. The molecule has 0 aliphatic carbocycles. The number of nitrogens with zero attached hydrogens (tertiary/aromatic N) is 2. The molecule has 1 heterocycles. The van der Waals surface area contributed by atoms with Gasteiger partial charge in [-0.25, -0.2) is 14.4 Å². The fourth-order valence-electron chi connectivity index (χ4n) is 1.82. The van der Waals surface area contributed by atoms with Crippen LogP contribution >= 0.6 is 0 Å². The van der Waals surface area contributed by atoms with E-state index in [1.54, 1.807) is 25.1 Å². The maximum Gasteiger partial charge on any atom is 0.270 e. The standard InChI is InChI=1S/C16H19FN4O/c1-10(2)9-18-15(22)14-7-11(3)19-16(21-14)20-13-6-4-5-12(17)8-13/h4-8,10H,9H2,1-3H3,(H,18,22)(H,19,20,21). The lowest BCUT2D eigenvalue weighted by molar-refractivity contribution is 0.0944. The number of amides is 1. The third-order valence-corrected chi connectivity index (χ3v) is 2.84. The van der Waals surface area contributed by atoms with Crippen LogP contribution in [0.25, 0.3) is 0 Å². The second-order valence-electron chi connectivity index (χ2n) is 5.46. The number of hydrogen-bond donors (Lipinski definition) is 2. The molecule has 2 aromatic rings. The van der Waals surface area contributed by atoms with Gasteiger partial charge >= 0.3 is 0 Å². The highest BCUT2D eigenvalue weighted by atomic mass is 19.1. The van der Waals surface area contributed by atoms with E-state index in [0.717, 1.165) is 0 Å². The quantitative estimate of drug-likeness (QED) is 0.891. The second kappa shape index (κ2) is 6.98. The lowest BCUT2D eigenvalue weighted by Gasteiger charge is -2.10. The Morgan fingerprint density at radius 2 is 2.05 bits per heavy atom. The maximum atomic E-state index is 13.2. The van der Waals surface area contributed by atoms with E-state index >= 15 is 0 Å². The molecule has 116 valence electrons. The Morgan fingerprint density at radius 1 is 1.27 bits per heavy atom. The van der Waals surface area contributed by atoms with Crippen LogP contribution in [0.15, 0.2) is 30.3 Å². The summed E-state index contributed by atoms with van der Waals surface area (Å²) in [7, 11) is 0. The van der Waals surface area contributed by atoms with E-state index in [9.17, 15) is 9.18 Å². The molecule has 0 spiro atoms. The number of carbonyl (C=O) groups is 1. The van der Waals surface area contributed by atoms with E-state index in [1.165, 1.54) is 12.1 Å². The van der Waals surface area contributed by atoms with Gasteiger partial charge < -0.3 is 10.6 Å². The number of nitrogens with one attached hydrogen (secondary N) is 2. The zero-order valence-electron chi connectivity index (χ0n) is 12.9. The molecule has 0 atom stereocenters. The molecule has 5 nitrogen and oxygen atoms in total. The summed E-state index contributed by atoms with van der Waals surface area (Å²) >= 11 is 0. The number of aromatic nitrogens is 2. The number of aryl methyl sites for hydroxylation is 1. The molecular weight excluding hydrogens is 283 g/mol. The van der Waals surface area contributed by atoms with Crippen LogP contribution in [0.5, 0.6) is 0 Å². The Bertz CT molecular complexity index is 673. The van der Waals surface area contributed by atoms with Crippen molar-refractivity contribution < 1.29 is 9.18 Å². The van der Waals surface area contributed by atoms with Gasteiger partial charge in [0.15, 0.2) is 0 Å². The van der Waals surface area contributed by atoms with Crippen LogP contribution in [0.4, 0.5) is 16.0 Å². The van der Waals surface area contributed by atoms with Crippen molar-refractivity contribution in [3.8, 4) is 0 Å². The predicted molar refractivity (Wildman–Crippen MR) is 83.6 cm³/mol. The van der Waals surface area contributed by atoms with Crippen LogP contribution in [0.1, 0.15) is 30.0 Å². The summed E-state index contributed by atoms with van der Waals surface area (Å²) in [5, 5.41) is 5.71. The lowest BCUT2D eigenvalue weighted by atomic mass is 10.2. The molecule has 0 saturated carbocycles. The summed E-state index contributed by atoms with van der Waals surface area (Å²) in [6, 6.07) is 7.60. The minimum atomic E-state index is -0.354. The van der Waals surface area contributed by atoms with Crippen LogP contribution in [0.3, 0.4) is 0 Å². The van der Waals surface area contributed by atoms with Crippen molar-refractivity contribution in [1.29, 1.82) is 0 Å². The van der Waals surface area contributed by atoms with Gasteiger partial charge in [-0.1, -0.05) is 19.9 Å². The van der Waals surface area contributed by atoms with Crippen molar-refractivity contribution in [2.24, 2.45) is 5.92 Å². The Morgan fingerprint density at radius 3 is 2.73 bits per heavy atom. The molecule has 0 radical (unpaired) electrons. The van der Waals surface area contributed by atoms with Gasteiger partial charge in [0.2, 0.25) is 5.95 Å². The van der Waals surface area contributed by atoms with Crippen molar-refractivity contribution >= 4 is 17.5 Å². The largest absolute Gasteiger partial charge is 0.350 e. The number of halogens is 1. The molecule has 0 bridgehead atoms. The second-order valence-corrected chi connectivity index (χ2v) is 5.46. The molecule has 0 unspecified atom stereocenters. The average molecular weight is 302 g/mol. The van der Waals surface area contributed by atoms with Crippen LogP contribution < -0.4 is 10.6 Å². The van der Waals surface area contributed by atoms with E-state index in [-0.39, 0.29) is 23.4 Å². The van der Waals surface area contributed by atoms with E-state index in [2.05, 4.69) is 20.6 Å². The third-order valence-electron chi connectivity index (χ3n) is 2.84. The molecule has 0 fully saturated rings. The minimum Gasteiger partial charge on any atom is -0.350 e. The summed E-state index contributed by atoms with van der Waals surface area (Å²) in [6.45, 7) is 6.39. The Kier molecular flexibility index (Phi) is 5.04. The van der Waals surface area contributed by atoms with Crippen LogP contribution in [-0.4, -0.2) is 22.4 Å². The zero-order valence-corrected chi connectivity index (χ0v) is 12.9. The number of carbonyl (C=O) groups excluding carboxylic acids is 1. The molecule has 1 amide bonds. The summed E-state index contributed by atoms with van der Waals surface area (Å²) in [6.07, 6.45) is 0. The highest BCUT2D eigenvalue weighted by molar-refractivity contribution is 5.92. The van der Waals surface area contributed by atoms with Gasteiger partial charge in [0, 0.05) is 17.9 Å². The minimum absolute atomic E-state index is 0.249. The predicted octanol–water partition coefficient (Wildman–Crippen LogP) is 3.05. The average Bonchev–Trinajstić information content (AvgIpc) is 2.44. The van der Waals surface area contributed by atoms with Gasteiger partial charge in [0.1, 0.15) is 11.5 Å². The summed E-state index contributed by atoms with van der Waals surface area (Å²) in [5.74, 6) is 0.0196. The molecule has 22 heavy (non-hydrogen) atoms. The Labute approximate surface area is 129 Å². The molecule has 1 aromatic heterocycles. The van der Waals surface area contributed by atoms with Crippen molar-refractivity contribution in [2.75, 3.05) is 11.9 Å². The van der Waals surface area contributed by atoms with Crippen LogP contribution in [-0.2, 0) is 0 Å². The fourth-order valence-corrected chi connectivity index (χ4v) is 1.82. The first-order chi connectivity index (χ1) is 10.4. The van der Waals surface area contributed by atoms with Gasteiger partial charge in [-0.05, 0) is 37.1 Å². The molecule has 0 aliphatic rings. The normalized spacial score (nSPS) is 10.6. The highest BCUT2D eigenvalue weighted by Crippen LogP contribution is 2.15. The van der Waals surface area contributed by atoms with Gasteiger partial charge in [-0.15, -0.1) is 0 Å². The first kappa shape index (κ1) is 15.9. The van der Waals surface area contributed by atoms with E-state index < -0.39 is 0 Å².